The molecule has 1 aromatic rings. The lowest BCUT2D eigenvalue weighted by Crippen LogP contribution is -2.49. The molecular weight excluding hydrogens is 286 g/mol. The minimum Gasteiger partial charge on any atom is -0.468 e. The minimum absolute atomic E-state index is 0.0414. The van der Waals surface area contributed by atoms with Crippen LogP contribution in [-0.4, -0.2) is 29.9 Å². The van der Waals surface area contributed by atoms with E-state index in [0.29, 0.717) is 4.99 Å². The molecule has 0 amide bonds. The number of benzene rings is 1. The third-order valence-corrected chi connectivity index (χ3v) is 3.66. The van der Waals surface area contributed by atoms with Crippen molar-refractivity contribution >= 4 is 29.0 Å². The molecule has 0 aliphatic carbocycles. The summed E-state index contributed by atoms with van der Waals surface area (Å²) < 4.78 is 4.75. The molecule has 0 saturated heterocycles. The summed E-state index contributed by atoms with van der Waals surface area (Å²) in [4.78, 5) is 24.2. The van der Waals surface area contributed by atoms with Gasteiger partial charge in [-0.1, -0.05) is 56.4 Å². The summed E-state index contributed by atoms with van der Waals surface area (Å²) in [6.07, 6.45) is 0. The minimum atomic E-state index is -0.864. The fourth-order valence-electron chi connectivity index (χ4n) is 2.15. The number of Topliss-reactive ketones (excluding diaryl/α,β-unsaturated/α-hetero) is 1. The highest BCUT2D eigenvalue weighted by Gasteiger charge is 2.35. The number of ketones is 1. The summed E-state index contributed by atoms with van der Waals surface area (Å²) in [6, 6.07) is 9.04. The number of ether oxygens (including phenoxy) is 1. The molecule has 2 atom stereocenters. The Labute approximate surface area is 130 Å². The largest absolute Gasteiger partial charge is 0.468 e. The van der Waals surface area contributed by atoms with Gasteiger partial charge in [0.1, 0.15) is 16.7 Å². The van der Waals surface area contributed by atoms with Crippen LogP contribution in [0.1, 0.15) is 26.3 Å². The second-order valence-electron chi connectivity index (χ2n) is 5.22. The van der Waals surface area contributed by atoms with Crippen molar-refractivity contribution in [2.75, 3.05) is 7.11 Å². The van der Waals surface area contributed by atoms with Gasteiger partial charge in [0.25, 0.3) is 0 Å². The number of rotatable bonds is 6. The van der Waals surface area contributed by atoms with E-state index in [-0.39, 0.29) is 11.7 Å². The molecule has 0 aromatic heterocycles. The van der Waals surface area contributed by atoms with Crippen LogP contribution in [0.4, 0.5) is 0 Å². The Morgan fingerprint density at radius 1 is 1.19 bits per heavy atom. The average Bonchev–Trinajstić information content (AvgIpc) is 2.46. The molecule has 0 saturated carbocycles. The molecule has 0 bridgehead atoms. The number of carbonyl (C=O) groups excluding carboxylic acids is 2. The van der Waals surface area contributed by atoms with Gasteiger partial charge in [0, 0.05) is 11.6 Å². The molecule has 4 nitrogen and oxygen atoms in total. The van der Waals surface area contributed by atoms with Crippen LogP contribution in [0.2, 0.25) is 0 Å². The van der Waals surface area contributed by atoms with Gasteiger partial charge >= 0.3 is 5.97 Å². The number of carbonyl (C=O) groups is 2. The molecule has 0 fully saturated rings. The van der Waals surface area contributed by atoms with E-state index in [4.69, 9.17) is 17.0 Å². The first kappa shape index (κ1) is 17.3. The van der Waals surface area contributed by atoms with Crippen molar-refractivity contribution in [3.8, 4) is 0 Å². The Balaban J connectivity index is 2.98. The summed E-state index contributed by atoms with van der Waals surface area (Å²) in [5, 5.41) is 3.14. The molecule has 1 aromatic carbocycles. The lowest BCUT2D eigenvalue weighted by atomic mass is 9.87. The van der Waals surface area contributed by atoms with Crippen molar-refractivity contribution in [1.82, 2.24) is 5.32 Å². The Morgan fingerprint density at radius 3 is 2.19 bits per heavy atom. The van der Waals surface area contributed by atoms with Gasteiger partial charge in [0.05, 0.1) is 7.11 Å². The Bertz CT molecular complexity index is 514. The number of hydrogen-bond acceptors (Lipinski definition) is 4. The predicted octanol–water partition coefficient (Wildman–Crippen LogP) is 2.35. The Morgan fingerprint density at radius 2 is 1.76 bits per heavy atom. The summed E-state index contributed by atoms with van der Waals surface area (Å²) in [7, 11) is 1.28. The van der Waals surface area contributed by atoms with E-state index < -0.39 is 17.9 Å². The van der Waals surface area contributed by atoms with Crippen LogP contribution < -0.4 is 5.32 Å². The maximum Gasteiger partial charge on any atom is 0.318 e. The second kappa shape index (κ2) is 7.88. The van der Waals surface area contributed by atoms with Gasteiger partial charge < -0.3 is 10.1 Å². The number of esters is 1. The van der Waals surface area contributed by atoms with Gasteiger partial charge in [-0.25, -0.2) is 0 Å². The highest BCUT2D eigenvalue weighted by molar-refractivity contribution is 7.80. The molecule has 1 N–H and O–H groups in total. The van der Waals surface area contributed by atoms with Crippen molar-refractivity contribution in [3.05, 3.63) is 35.9 Å². The standard InChI is InChI=1S/C16H21NO3S/c1-10(2)14(13(11(3)18)16(19)20-4)17-15(21)12-8-6-5-7-9-12/h5-10,13-14H,1-4H3,(H,17,21). The van der Waals surface area contributed by atoms with Gasteiger partial charge in [-0.3, -0.25) is 9.59 Å². The lowest BCUT2D eigenvalue weighted by Gasteiger charge is -2.28. The maximum atomic E-state index is 11.9. The quantitative estimate of drug-likeness (QED) is 0.497. The second-order valence-corrected chi connectivity index (χ2v) is 5.63. The molecule has 0 radical (unpaired) electrons. The molecule has 21 heavy (non-hydrogen) atoms. The number of hydrogen-bond donors (Lipinski definition) is 1. The fraction of sp³-hybridized carbons (Fsp3) is 0.438. The van der Waals surface area contributed by atoms with Gasteiger partial charge in [-0.05, 0) is 12.8 Å². The van der Waals surface area contributed by atoms with Crippen LogP contribution in [0.15, 0.2) is 30.3 Å². The van der Waals surface area contributed by atoms with Gasteiger partial charge in [0.2, 0.25) is 0 Å². The molecule has 114 valence electrons. The summed E-state index contributed by atoms with van der Waals surface area (Å²) in [5.41, 5.74) is 0.852. The van der Waals surface area contributed by atoms with Crippen molar-refractivity contribution in [1.29, 1.82) is 0 Å². The number of methoxy groups -OCH3 is 1. The molecule has 2 unspecified atom stereocenters. The average molecular weight is 307 g/mol. The van der Waals surface area contributed by atoms with E-state index in [0.717, 1.165) is 5.56 Å². The molecular formula is C16H21NO3S. The van der Waals surface area contributed by atoms with E-state index >= 15 is 0 Å². The van der Waals surface area contributed by atoms with E-state index in [1.807, 2.05) is 44.2 Å². The van der Waals surface area contributed by atoms with E-state index in [2.05, 4.69) is 5.32 Å². The third kappa shape index (κ3) is 4.63. The van der Waals surface area contributed by atoms with Gasteiger partial charge in [0.15, 0.2) is 0 Å². The maximum absolute atomic E-state index is 11.9. The van der Waals surface area contributed by atoms with E-state index in [1.165, 1.54) is 14.0 Å². The zero-order valence-corrected chi connectivity index (χ0v) is 13.6. The molecule has 0 aliphatic rings. The van der Waals surface area contributed by atoms with Crippen LogP contribution in [0.3, 0.4) is 0 Å². The summed E-state index contributed by atoms with van der Waals surface area (Å²) >= 11 is 5.37. The monoisotopic (exact) mass is 307 g/mol. The molecule has 0 spiro atoms. The first-order chi connectivity index (χ1) is 9.88. The summed E-state index contributed by atoms with van der Waals surface area (Å²) in [6.45, 7) is 5.26. The zero-order valence-electron chi connectivity index (χ0n) is 12.8. The normalized spacial score (nSPS) is 13.4. The SMILES string of the molecule is COC(=O)C(C(C)=O)C(NC(=S)c1ccccc1)C(C)C. The smallest absolute Gasteiger partial charge is 0.318 e. The first-order valence-electron chi connectivity index (χ1n) is 6.82. The fourth-order valence-corrected chi connectivity index (χ4v) is 2.42. The molecule has 5 heteroatoms. The number of nitrogens with one attached hydrogen (secondary N) is 1. The lowest BCUT2D eigenvalue weighted by molar-refractivity contribution is -0.150. The van der Waals surface area contributed by atoms with Crippen molar-refractivity contribution < 1.29 is 14.3 Å². The number of thiocarbonyl (C=S) groups is 1. The van der Waals surface area contributed by atoms with Crippen molar-refractivity contribution in [2.45, 2.75) is 26.8 Å². The van der Waals surface area contributed by atoms with Crippen molar-refractivity contribution in [2.24, 2.45) is 11.8 Å². The van der Waals surface area contributed by atoms with Crippen LogP contribution in [0.25, 0.3) is 0 Å². The van der Waals surface area contributed by atoms with E-state index in [9.17, 15) is 9.59 Å². The topological polar surface area (TPSA) is 55.4 Å². The Hall–Kier alpha value is -1.75. The Kier molecular flexibility index (Phi) is 6.49. The highest BCUT2D eigenvalue weighted by Crippen LogP contribution is 2.17. The highest BCUT2D eigenvalue weighted by atomic mass is 32.1. The van der Waals surface area contributed by atoms with Crippen LogP contribution in [0.5, 0.6) is 0 Å². The van der Waals surface area contributed by atoms with Gasteiger partial charge in [-0.15, -0.1) is 0 Å². The molecule has 0 aliphatic heterocycles. The molecule has 0 heterocycles. The van der Waals surface area contributed by atoms with E-state index in [1.54, 1.807) is 0 Å². The van der Waals surface area contributed by atoms with Crippen LogP contribution in [0, 0.1) is 11.8 Å². The third-order valence-electron chi connectivity index (χ3n) is 3.30. The predicted molar refractivity (Wildman–Crippen MR) is 86.1 cm³/mol. The van der Waals surface area contributed by atoms with Crippen molar-refractivity contribution in [3.63, 3.8) is 0 Å². The van der Waals surface area contributed by atoms with Crippen LogP contribution in [-0.2, 0) is 14.3 Å². The molecule has 1 rings (SSSR count). The zero-order chi connectivity index (χ0) is 16.0. The first-order valence-corrected chi connectivity index (χ1v) is 7.23. The van der Waals surface area contributed by atoms with Crippen LogP contribution >= 0.6 is 12.2 Å². The summed E-state index contributed by atoms with van der Waals surface area (Å²) in [5.74, 6) is -1.59. The van der Waals surface area contributed by atoms with Gasteiger partial charge in [-0.2, -0.15) is 0 Å².